The van der Waals surface area contributed by atoms with Crippen molar-refractivity contribution in [1.82, 2.24) is 9.47 Å². The normalized spacial score (nSPS) is 26.6. The second-order valence-electron chi connectivity index (χ2n) is 9.74. The van der Waals surface area contributed by atoms with E-state index in [1.807, 2.05) is 31.2 Å². The molecule has 2 aliphatic heterocycles. The zero-order valence-corrected chi connectivity index (χ0v) is 18.4. The number of aliphatic hydroxyl groups is 1. The van der Waals surface area contributed by atoms with Gasteiger partial charge in [-0.05, 0) is 81.2 Å². The molecule has 5 heteroatoms. The van der Waals surface area contributed by atoms with Crippen molar-refractivity contribution < 1.29 is 9.90 Å². The number of nitrogens with zero attached hydrogens (tertiary/aromatic N) is 3. The number of ketones is 1. The van der Waals surface area contributed by atoms with E-state index in [1.165, 1.54) is 25.0 Å². The van der Waals surface area contributed by atoms with Gasteiger partial charge in [0.15, 0.2) is 5.78 Å². The summed E-state index contributed by atoms with van der Waals surface area (Å²) >= 11 is 0. The molecule has 162 valence electrons. The van der Waals surface area contributed by atoms with Crippen LogP contribution in [0.5, 0.6) is 0 Å². The predicted octanol–water partition coefficient (Wildman–Crippen LogP) is 4.34. The fraction of sp³-hybridized carbons (Fsp3) is 0.538. The Morgan fingerprint density at radius 1 is 1.23 bits per heavy atom. The molecular formula is C26H31N3O2. The van der Waals surface area contributed by atoms with Gasteiger partial charge in [0.2, 0.25) is 0 Å². The molecule has 1 aromatic carbocycles. The van der Waals surface area contributed by atoms with Crippen molar-refractivity contribution in [3.63, 3.8) is 0 Å². The minimum absolute atomic E-state index is 0.142. The first-order valence-corrected chi connectivity index (χ1v) is 11.7. The highest BCUT2D eigenvalue weighted by molar-refractivity contribution is 5.99. The number of fused-ring (bicyclic) bond motifs is 2. The highest BCUT2D eigenvalue weighted by Gasteiger charge is 2.46. The Kier molecular flexibility index (Phi) is 5.24. The van der Waals surface area contributed by atoms with E-state index in [4.69, 9.17) is 5.26 Å². The third-order valence-electron chi connectivity index (χ3n) is 8.13. The first-order valence-electron chi connectivity index (χ1n) is 11.7. The van der Waals surface area contributed by atoms with E-state index < -0.39 is 0 Å². The van der Waals surface area contributed by atoms with E-state index in [9.17, 15) is 9.90 Å². The fourth-order valence-electron chi connectivity index (χ4n) is 6.02. The molecule has 31 heavy (non-hydrogen) atoms. The lowest BCUT2D eigenvalue weighted by molar-refractivity contribution is 0.0873. The van der Waals surface area contributed by atoms with Crippen LogP contribution in [0.15, 0.2) is 30.3 Å². The lowest BCUT2D eigenvalue weighted by Crippen LogP contribution is -2.36. The molecular weight excluding hydrogens is 386 g/mol. The second kappa shape index (κ2) is 7.93. The second-order valence-corrected chi connectivity index (χ2v) is 9.74. The fourth-order valence-corrected chi connectivity index (χ4v) is 6.02. The van der Waals surface area contributed by atoms with Crippen molar-refractivity contribution in [3.05, 3.63) is 52.8 Å². The number of benzene rings is 1. The number of nitriles is 1. The zero-order valence-electron chi connectivity index (χ0n) is 18.4. The van der Waals surface area contributed by atoms with Gasteiger partial charge in [0, 0.05) is 34.7 Å². The van der Waals surface area contributed by atoms with Crippen LogP contribution in [0.1, 0.15) is 78.7 Å². The Bertz CT molecular complexity index is 1030. The topological polar surface area (TPSA) is 69.3 Å². The van der Waals surface area contributed by atoms with Crippen LogP contribution < -0.4 is 0 Å². The summed E-state index contributed by atoms with van der Waals surface area (Å²) in [7, 11) is 0. The van der Waals surface area contributed by atoms with Crippen molar-refractivity contribution in [2.45, 2.75) is 76.5 Å². The number of rotatable bonds is 6. The van der Waals surface area contributed by atoms with Gasteiger partial charge in [-0.3, -0.25) is 9.69 Å². The van der Waals surface area contributed by atoms with Crippen LogP contribution in [0, 0.1) is 24.2 Å². The van der Waals surface area contributed by atoms with Crippen molar-refractivity contribution in [1.29, 1.82) is 5.26 Å². The van der Waals surface area contributed by atoms with E-state index in [0.29, 0.717) is 30.0 Å². The molecule has 1 N–H and O–H groups in total. The SMILES string of the molecule is Cc1c(C(=O)CN2C3CCC2[C@@H](O)C3)cc([C@H](C)C2CCC2)n1-c1ccc(C#N)cc1. The first-order chi connectivity index (χ1) is 15.0. The lowest BCUT2D eigenvalue weighted by atomic mass is 9.75. The minimum Gasteiger partial charge on any atom is -0.391 e. The maximum atomic E-state index is 13.4. The van der Waals surface area contributed by atoms with Crippen molar-refractivity contribution in [3.8, 4) is 11.8 Å². The molecule has 4 atom stereocenters. The molecule has 1 saturated carbocycles. The monoisotopic (exact) mass is 417 g/mol. The molecule has 0 spiro atoms. The van der Waals surface area contributed by atoms with Crippen LogP contribution >= 0.6 is 0 Å². The molecule has 2 unspecified atom stereocenters. The smallest absolute Gasteiger partial charge is 0.178 e. The minimum atomic E-state index is -0.287. The lowest BCUT2D eigenvalue weighted by Gasteiger charge is -2.32. The third-order valence-corrected chi connectivity index (χ3v) is 8.13. The summed E-state index contributed by atoms with van der Waals surface area (Å²) in [6.45, 7) is 4.71. The first kappa shape index (κ1) is 20.5. The Morgan fingerprint density at radius 2 is 1.97 bits per heavy atom. The summed E-state index contributed by atoms with van der Waals surface area (Å²) in [6.07, 6.45) is 6.38. The summed E-state index contributed by atoms with van der Waals surface area (Å²) in [6, 6.07) is 12.4. The molecule has 2 bridgehead atoms. The molecule has 3 heterocycles. The van der Waals surface area contributed by atoms with Gasteiger partial charge in [0.05, 0.1) is 24.3 Å². The maximum absolute atomic E-state index is 13.4. The standard InChI is InChI=1S/C26H31N3O2/c1-16(19-4-3-5-19)24-13-22(17(2)29(24)20-8-6-18(14-27)7-9-20)26(31)15-28-21-10-11-23(28)25(30)12-21/h6-9,13,16,19,21,23,25,30H,3-5,10-12,15H2,1-2H3/t16-,21?,23?,25+/m1/s1. The van der Waals surface area contributed by atoms with Crippen molar-refractivity contribution in [2.24, 2.45) is 5.92 Å². The number of aliphatic hydroxyl groups excluding tert-OH is 1. The highest BCUT2D eigenvalue weighted by Crippen LogP contribution is 2.42. The van der Waals surface area contributed by atoms with E-state index in [0.717, 1.165) is 36.2 Å². The average Bonchev–Trinajstić information content (AvgIpc) is 3.36. The molecule has 3 aliphatic rings. The van der Waals surface area contributed by atoms with Gasteiger partial charge in [-0.15, -0.1) is 0 Å². The molecule has 0 radical (unpaired) electrons. The van der Waals surface area contributed by atoms with Crippen LogP contribution in [0.25, 0.3) is 5.69 Å². The van der Waals surface area contributed by atoms with Crippen LogP contribution in [0.4, 0.5) is 0 Å². The van der Waals surface area contributed by atoms with Crippen molar-refractivity contribution >= 4 is 5.78 Å². The Morgan fingerprint density at radius 3 is 2.52 bits per heavy atom. The Labute approximate surface area is 184 Å². The molecule has 3 fully saturated rings. The number of Topliss-reactive ketones (excluding diaryl/α,β-unsaturated/α-hetero) is 1. The van der Waals surface area contributed by atoms with E-state index >= 15 is 0 Å². The van der Waals surface area contributed by atoms with E-state index in [-0.39, 0.29) is 17.9 Å². The average molecular weight is 418 g/mol. The third kappa shape index (κ3) is 3.43. The number of aromatic nitrogens is 1. The van der Waals surface area contributed by atoms with Crippen LogP contribution in [0.2, 0.25) is 0 Å². The molecule has 0 amide bonds. The van der Waals surface area contributed by atoms with E-state index in [1.54, 1.807) is 0 Å². The molecule has 5 rings (SSSR count). The largest absolute Gasteiger partial charge is 0.391 e. The highest BCUT2D eigenvalue weighted by atomic mass is 16.3. The molecule has 2 aromatic rings. The zero-order chi connectivity index (χ0) is 21.7. The predicted molar refractivity (Wildman–Crippen MR) is 119 cm³/mol. The van der Waals surface area contributed by atoms with Crippen LogP contribution in [-0.2, 0) is 0 Å². The van der Waals surface area contributed by atoms with Gasteiger partial charge >= 0.3 is 0 Å². The van der Waals surface area contributed by atoms with Crippen LogP contribution in [0.3, 0.4) is 0 Å². The number of hydrogen-bond donors (Lipinski definition) is 1. The van der Waals surface area contributed by atoms with Gasteiger partial charge in [-0.25, -0.2) is 0 Å². The summed E-state index contributed by atoms with van der Waals surface area (Å²) in [5.41, 5.74) is 4.61. The molecule has 5 nitrogen and oxygen atoms in total. The van der Waals surface area contributed by atoms with Gasteiger partial charge in [0.25, 0.3) is 0 Å². The van der Waals surface area contributed by atoms with Gasteiger partial charge in [-0.1, -0.05) is 13.3 Å². The van der Waals surface area contributed by atoms with Gasteiger partial charge in [0.1, 0.15) is 0 Å². The van der Waals surface area contributed by atoms with Gasteiger partial charge in [-0.2, -0.15) is 5.26 Å². The quantitative estimate of drug-likeness (QED) is 0.710. The van der Waals surface area contributed by atoms with E-state index in [2.05, 4.69) is 28.5 Å². The maximum Gasteiger partial charge on any atom is 0.178 e. The number of carbonyl (C=O) groups excluding carboxylic acids is 1. The summed E-state index contributed by atoms with van der Waals surface area (Å²) < 4.78 is 2.23. The van der Waals surface area contributed by atoms with Crippen molar-refractivity contribution in [2.75, 3.05) is 6.54 Å². The number of hydrogen-bond acceptors (Lipinski definition) is 4. The Balaban J connectivity index is 1.49. The van der Waals surface area contributed by atoms with Gasteiger partial charge < -0.3 is 9.67 Å². The summed E-state index contributed by atoms with van der Waals surface area (Å²) in [5.74, 6) is 1.20. The van der Waals surface area contributed by atoms with Crippen LogP contribution in [-0.4, -0.2) is 45.1 Å². The molecule has 1 aromatic heterocycles. The molecule has 2 saturated heterocycles. The summed E-state index contributed by atoms with van der Waals surface area (Å²) in [4.78, 5) is 15.7. The Hall–Kier alpha value is -2.42. The summed E-state index contributed by atoms with van der Waals surface area (Å²) in [5, 5.41) is 19.4. The number of carbonyl (C=O) groups is 1. The molecule has 1 aliphatic carbocycles.